The Labute approximate surface area is 60.3 Å². The lowest BCUT2D eigenvalue weighted by Crippen LogP contribution is -1.80. The fourth-order valence-corrected chi connectivity index (χ4v) is 1.40. The van der Waals surface area contributed by atoms with Gasteiger partial charge in [-0.15, -0.1) is 4.52 Å². The molecule has 0 aromatic rings. The van der Waals surface area contributed by atoms with Crippen LogP contribution in [0.5, 0.6) is 0 Å². The van der Waals surface area contributed by atoms with Crippen LogP contribution in [0.15, 0.2) is 9.63 Å². The number of hydrogen-bond acceptors (Lipinski definition) is 3. The van der Waals surface area contributed by atoms with Crippen LogP contribution < -0.4 is 0 Å². The minimum atomic E-state index is 0.938. The van der Waals surface area contributed by atoms with Crippen LogP contribution in [0.25, 0.3) is 0 Å². The first-order chi connectivity index (χ1) is 4.50. The molecule has 0 radical (unpaired) electrons. The highest BCUT2D eigenvalue weighted by atomic mass is 32.2. The summed E-state index contributed by atoms with van der Waals surface area (Å²) in [5.74, 6) is 1.16. The van der Waals surface area contributed by atoms with Gasteiger partial charge in [-0.1, -0.05) is 12.8 Å². The van der Waals surface area contributed by atoms with Crippen molar-refractivity contribution in [1.82, 2.24) is 0 Å². The lowest BCUT2D eigenvalue weighted by molar-refractivity contribution is 0.677. The Kier molecular flexibility index (Phi) is 3.76. The summed E-state index contributed by atoms with van der Waals surface area (Å²) in [4.78, 5) is 0. The van der Waals surface area contributed by atoms with Gasteiger partial charge < -0.3 is 0 Å². The fraction of sp³-hybridized carbons (Fsp3) is 1.00. The van der Waals surface area contributed by atoms with Crippen LogP contribution in [0, 0.1) is 0 Å². The van der Waals surface area contributed by atoms with Gasteiger partial charge >= 0.3 is 0 Å². The molecule has 0 fully saturated rings. The van der Waals surface area contributed by atoms with Crippen molar-refractivity contribution in [1.29, 1.82) is 0 Å². The quantitative estimate of drug-likeness (QED) is 0.480. The van der Waals surface area contributed by atoms with Crippen molar-refractivity contribution in [3.63, 3.8) is 0 Å². The second-order valence-electron chi connectivity index (χ2n) is 2.19. The number of hydrogen-bond donors (Lipinski definition) is 0. The van der Waals surface area contributed by atoms with E-state index in [1.807, 2.05) is 0 Å². The van der Waals surface area contributed by atoms with Gasteiger partial charge in [0.15, 0.2) is 0 Å². The first-order valence-electron chi connectivity index (χ1n) is 3.49. The van der Waals surface area contributed by atoms with E-state index in [0.29, 0.717) is 0 Å². The highest BCUT2D eigenvalue weighted by molar-refractivity contribution is 7.97. The van der Waals surface area contributed by atoms with Crippen molar-refractivity contribution < 1.29 is 0 Å². The maximum atomic E-state index is 3.98. The Bertz CT molecular complexity index is 83.1. The van der Waals surface area contributed by atoms with Crippen LogP contribution in [0.1, 0.15) is 25.7 Å². The van der Waals surface area contributed by atoms with Crippen LogP contribution in [0.3, 0.4) is 0 Å². The zero-order chi connectivity index (χ0) is 6.36. The third-order valence-electron chi connectivity index (χ3n) is 1.36. The third kappa shape index (κ3) is 3.51. The van der Waals surface area contributed by atoms with Crippen molar-refractivity contribution in [2.24, 2.45) is 9.63 Å². The van der Waals surface area contributed by atoms with Gasteiger partial charge in [0.05, 0.1) is 6.54 Å². The molecule has 1 aliphatic heterocycles. The van der Waals surface area contributed by atoms with Crippen molar-refractivity contribution in [2.75, 3.05) is 12.3 Å². The van der Waals surface area contributed by atoms with Gasteiger partial charge in [0.1, 0.15) is 0 Å². The molecule has 0 bridgehead atoms. The molecule has 0 N–H and O–H groups in total. The summed E-state index contributed by atoms with van der Waals surface area (Å²) in [7, 11) is 0. The molecule has 0 unspecified atom stereocenters. The molecule has 0 aromatic heterocycles. The average Bonchev–Trinajstić information content (AvgIpc) is 2.00. The molecule has 0 aromatic carbocycles. The van der Waals surface area contributed by atoms with E-state index in [-0.39, 0.29) is 0 Å². The maximum absolute atomic E-state index is 3.98. The summed E-state index contributed by atoms with van der Waals surface area (Å²) >= 11 is 1.60. The molecule has 0 saturated heterocycles. The molecule has 0 aliphatic carbocycles. The summed E-state index contributed by atoms with van der Waals surface area (Å²) in [5, 5.41) is 3.98. The standard InChI is InChI=1S/C6H12N2S/c1-2-4-6-9-8-7-5-3-1/h1-6H2/b8-7-. The molecule has 0 saturated carbocycles. The van der Waals surface area contributed by atoms with Gasteiger partial charge in [0.25, 0.3) is 0 Å². The highest BCUT2D eigenvalue weighted by Gasteiger charge is 1.92. The van der Waals surface area contributed by atoms with Crippen LogP contribution >= 0.6 is 11.9 Å². The molecule has 9 heavy (non-hydrogen) atoms. The van der Waals surface area contributed by atoms with Crippen LogP contribution in [-0.4, -0.2) is 12.3 Å². The number of rotatable bonds is 0. The van der Waals surface area contributed by atoms with Gasteiger partial charge in [-0.2, -0.15) is 5.11 Å². The monoisotopic (exact) mass is 144 g/mol. The Balaban J connectivity index is 2.15. The predicted octanol–water partition coefficient (Wildman–Crippen LogP) is 2.66. The second kappa shape index (κ2) is 4.79. The van der Waals surface area contributed by atoms with E-state index in [2.05, 4.69) is 9.63 Å². The van der Waals surface area contributed by atoms with E-state index >= 15 is 0 Å². The zero-order valence-corrected chi connectivity index (χ0v) is 6.36. The summed E-state index contributed by atoms with van der Waals surface area (Å²) in [6.45, 7) is 0.938. The first kappa shape index (κ1) is 7.06. The molecule has 1 aliphatic rings. The van der Waals surface area contributed by atoms with E-state index in [4.69, 9.17) is 0 Å². The van der Waals surface area contributed by atoms with E-state index in [1.54, 1.807) is 11.9 Å². The molecule has 0 spiro atoms. The predicted molar refractivity (Wildman–Crippen MR) is 40.6 cm³/mol. The zero-order valence-electron chi connectivity index (χ0n) is 5.55. The van der Waals surface area contributed by atoms with E-state index in [9.17, 15) is 0 Å². The molecule has 0 atom stereocenters. The summed E-state index contributed by atoms with van der Waals surface area (Å²) < 4.78 is 3.93. The molecule has 52 valence electrons. The van der Waals surface area contributed by atoms with Crippen LogP contribution in [-0.2, 0) is 0 Å². The lowest BCUT2D eigenvalue weighted by Gasteiger charge is -1.91. The average molecular weight is 144 g/mol. The maximum Gasteiger partial charge on any atom is 0.0609 e. The second-order valence-corrected chi connectivity index (χ2v) is 3.02. The Hall–Kier alpha value is -0.0500. The van der Waals surface area contributed by atoms with Crippen molar-refractivity contribution >= 4 is 11.9 Å². The van der Waals surface area contributed by atoms with Crippen molar-refractivity contribution in [3.05, 3.63) is 0 Å². The molecule has 3 heteroatoms. The molecular formula is C6H12N2S. The smallest absolute Gasteiger partial charge is 0.0609 e. The summed E-state index contributed by atoms with van der Waals surface area (Å²) in [5.41, 5.74) is 0. The molecule has 1 heterocycles. The van der Waals surface area contributed by atoms with E-state index < -0.39 is 0 Å². The highest BCUT2D eigenvalue weighted by Crippen LogP contribution is 2.11. The van der Waals surface area contributed by atoms with Gasteiger partial charge in [0.2, 0.25) is 0 Å². The molecule has 2 nitrogen and oxygen atoms in total. The third-order valence-corrected chi connectivity index (χ3v) is 2.06. The van der Waals surface area contributed by atoms with E-state index in [1.165, 1.54) is 25.7 Å². The van der Waals surface area contributed by atoms with Crippen LogP contribution in [0.4, 0.5) is 0 Å². The van der Waals surface area contributed by atoms with Crippen LogP contribution in [0.2, 0.25) is 0 Å². The Morgan fingerprint density at radius 2 is 1.89 bits per heavy atom. The lowest BCUT2D eigenvalue weighted by atomic mass is 10.2. The summed E-state index contributed by atoms with van der Waals surface area (Å²) in [6, 6.07) is 0. The van der Waals surface area contributed by atoms with Crippen molar-refractivity contribution in [2.45, 2.75) is 25.7 Å². The minimum absolute atomic E-state index is 0.938. The Morgan fingerprint density at radius 3 is 2.89 bits per heavy atom. The summed E-state index contributed by atoms with van der Waals surface area (Å²) in [6.07, 6.45) is 5.23. The fourth-order valence-electron chi connectivity index (χ4n) is 0.825. The first-order valence-corrected chi connectivity index (χ1v) is 4.43. The van der Waals surface area contributed by atoms with Crippen molar-refractivity contribution in [3.8, 4) is 0 Å². The topological polar surface area (TPSA) is 24.7 Å². The van der Waals surface area contributed by atoms with Gasteiger partial charge in [-0.05, 0) is 24.8 Å². The number of nitrogens with zero attached hydrogens (tertiary/aromatic N) is 2. The van der Waals surface area contributed by atoms with Gasteiger partial charge in [0, 0.05) is 5.75 Å². The molecule has 0 amide bonds. The molecule has 1 rings (SSSR count). The largest absolute Gasteiger partial charge is 0.182 e. The molecular weight excluding hydrogens is 132 g/mol. The van der Waals surface area contributed by atoms with E-state index in [0.717, 1.165) is 12.3 Å². The van der Waals surface area contributed by atoms with Gasteiger partial charge in [-0.3, -0.25) is 0 Å². The SMILES string of the molecule is C1CCCS/N=N\CC1. The van der Waals surface area contributed by atoms with Gasteiger partial charge in [-0.25, -0.2) is 0 Å². The Morgan fingerprint density at radius 1 is 1.00 bits per heavy atom. The normalized spacial score (nSPS) is 25.8. The minimum Gasteiger partial charge on any atom is -0.182 e.